The Bertz CT molecular complexity index is 1550. The Labute approximate surface area is 245 Å². The molecule has 3 N–H and O–H groups in total. The number of nitrogens with zero attached hydrogens (tertiary/aromatic N) is 2. The first-order chi connectivity index (χ1) is 19.9. The standard InChI is InChI=1S/C30H28Cl2FN3O5/c31-24-12-21(14-34-15-22(38)16-37)27(39-17-19-8-9-25-26(11-19)36-41-35-25)13-28(24)40-18-30(33)10-4-7-23(29(30)32)20-5-2-1-3-6-20/h1-13,22,29,34,37-38H,14-18H2. The predicted octanol–water partition coefficient (Wildman–Crippen LogP) is 5.25. The number of halogens is 3. The molecule has 214 valence electrons. The van der Waals surface area contributed by atoms with Gasteiger partial charge >= 0.3 is 0 Å². The minimum absolute atomic E-state index is 0.159. The van der Waals surface area contributed by atoms with E-state index in [2.05, 4.69) is 15.6 Å². The first-order valence-electron chi connectivity index (χ1n) is 12.9. The maximum Gasteiger partial charge on any atom is 0.183 e. The summed E-state index contributed by atoms with van der Waals surface area (Å²) in [5.41, 5.74) is 2.21. The van der Waals surface area contributed by atoms with Crippen LogP contribution in [0.3, 0.4) is 0 Å². The Morgan fingerprint density at radius 1 is 1.05 bits per heavy atom. The summed E-state index contributed by atoms with van der Waals surface area (Å²) in [5, 5.41) is 28.8. The lowest BCUT2D eigenvalue weighted by molar-refractivity contribution is 0.0941. The van der Waals surface area contributed by atoms with E-state index < -0.39 is 17.1 Å². The minimum atomic E-state index is -1.99. The zero-order valence-corrected chi connectivity index (χ0v) is 23.4. The quantitative estimate of drug-likeness (QED) is 0.189. The maximum atomic E-state index is 16.1. The highest BCUT2D eigenvalue weighted by molar-refractivity contribution is 6.32. The Kier molecular flexibility index (Phi) is 9.22. The van der Waals surface area contributed by atoms with Crippen molar-refractivity contribution in [2.75, 3.05) is 19.8 Å². The molecule has 5 rings (SSSR count). The van der Waals surface area contributed by atoms with Crippen molar-refractivity contribution < 1.29 is 28.7 Å². The van der Waals surface area contributed by atoms with E-state index in [1.807, 2.05) is 36.4 Å². The van der Waals surface area contributed by atoms with Crippen LogP contribution in [0.5, 0.6) is 11.5 Å². The summed E-state index contributed by atoms with van der Waals surface area (Å²) < 4.78 is 32.9. The van der Waals surface area contributed by atoms with Crippen molar-refractivity contribution in [3.63, 3.8) is 0 Å². The topological polar surface area (TPSA) is 110 Å². The van der Waals surface area contributed by atoms with Gasteiger partial charge in [-0.1, -0.05) is 60.2 Å². The number of rotatable bonds is 12. The van der Waals surface area contributed by atoms with Gasteiger partial charge in [-0.25, -0.2) is 9.02 Å². The van der Waals surface area contributed by atoms with E-state index in [9.17, 15) is 5.11 Å². The van der Waals surface area contributed by atoms with Gasteiger partial charge in [0.2, 0.25) is 0 Å². The van der Waals surface area contributed by atoms with Gasteiger partial charge in [-0.2, -0.15) is 0 Å². The van der Waals surface area contributed by atoms with Crippen molar-refractivity contribution in [1.82, 2.24) is 15.6 Å². The molecule has 3 aromatic carbocycles. The van der Waals surface area contributed by atoms with E-state index in [1.54, 1.807) is 36.4 Å². The number of allylic oxidation sites excluding steroid dienone is 3. The third-order valence-electron chi connectivity index (χ3n) is 6.63. The second-order valence-electron chi connectivity index (χ2n) is 9.66. The fourth-order valence-electron chi connectivity index (χ4n) is 4.40. The molecule has 0 saturated heterocycles. The van der Waals surface area contributed by atoms with Gasteiger partial charge in [-0.15, -0.1) is 11.6 Å². The van der Waals surface area contributed by atoms with E-state index in [0.29, 0.717) is 27.9 Å². The molecule has 3 unspecified atom stereocenters. The van der Waals surface area contributed by atoms with Crippen LogP contribution >= 0.6 is 23.2 Å². The Balaban J connectivity index is 1.34. The fourth-order valence-corrected chi connectivity index (χ4v) is 4.97. The minimum Gasteiger partial charge on any atom is -0.488 e. The van der Waals surface area contributed by atoms with Gasteiger partial charge in [-0.05, 0) is 51.3 Å². The number of nitrogens with one attached hydrogen (secondary N) is 1. The molecule has 1 aliphatic rings. The molecular formula is C30H28Cl2FN3O5. The monoisotopic (exact) mass is 599 g/mol. The number of fused-ring (bicyclic) bond motifs is 1. The van der Waals surface area contributed by atoms with Gasteiger partial charge in [0.05, 0.1) is 17.7 Å². The van der Waals surface area contributed by atoms with Crippen LogP contribution in [0.4, 0.5) is 4.39 Å². The van der Waals surface area contributed by atoms with Crippen molar-refractivity contribution in [3.8, 4) is 11.5 Å². The Morgan fingerprint density at radius 3 is 2.66 bits per heavy atom. The molecule has 0 bridgehead atoms. The van der Waals surface area contributed by atoms with Crippen LogP contribution in [-0.4, -0.2) is 57.4 Å². The second kappa shape index (κ2) is 13.0. The number of ether oxygens (including phenoxy) is 2. The maximum absolute atomic E-state index is 16.1. The highest BCUT2D eigenvalue weighted by Crippen LogP contribution is 2.39. The van der Waals surface area contributed by atoms with Crippen molar-refractivity contribution in [3.05, 3.63) is 101 Å². The van der Waals surface area contributed by atoms with Gasteiger partial charge in [-0.3, -0.25) is 0 Å². The molecule has 8 nitrogen and oxygen atoms in total. The Morgan fingerprint density at radius 2 is 1.85 bits per heavy atom. The van der Waals surface area contributed by atoms with Crippen LogP contribution in [0.25, 0.3) is 16.6 Å². The Hall–Kier alpha value is -3.47. The van der Waals surface area contributed by atoms with Crippen molar-refractivity contribution in [2.24, 2.45) is 0 Å². The van der Waals surface area contributed by atoms with E-state index in [1.165, 1.54) is 6.08 Å². The largest absolute Gasteiger partial charge is 0.488 e. The van der Waals surface area contributed by atoms with Crippen LogP contribution in [-0.2, 0) is 13.2 Å². The molecular weight excluding hydrogens is 572 g/mol. The lowest BCUT2D eigenvalue weighted by atomic mass is 9.87. The summed E-state index contributed by atoms with van der Waals surface area (Å²) in [6.45, 7) is -0.125. The fraction of sp³-hybridized carbons (Fsp3) is 0.267. The third-order valence-corrected chi connectivity index (χ3v) is 7.53. The van der Waals surface area contributed by atoms with E-state index in [4.69, 9.17) is 42.4 Å². The van der Waals surface area contributed by atoms with E-state index >= 15 is 4.39 Å². The van der Waals surface area contributed by atoms with Gasteiger partial charge < -0.3 is 25.0 Å². The number of aliphatic hydroxyl groups is 2. The third kappa shape index (κ3) is 6.89. The van der Waals surface area contributed by atoms with Gasteiger partial charge in [0.25, 0.3) is 0 Å². The molecule has 11 heteroatoms. The lowest BCUT2D eigenvalue weighted by Gasteiger charge is -2.31. The van der Waals surface area contributed by atoms with Crippen LogP contribution in [0, 0.1) is 0 Å². The molecule has 3 atom stereocenters. The molecule has 1 aromatic heterocycles. The highest BCUT2D eigenvalue weighted by atomic mass is 35.5. The number of benzene rings is 3. The van der Waals surface area contributed by atoms with Crippen LogP contribution in [0.1, 0.15) is 16.7 Å². The molecule has 1 heterocycles. The van der Waals surface area contributed by atoms with E-state index in [0.717, 1.165) is 11.1 Å². The summed E-state index contributed by atoms with van der Waals surface area (Å²) in [4.78, 5) is 0. The van der Waals surface area contributed by atoms with Gasteiger partial charge in [0.15, 0.2) is 5.67 Å². The van der Waals surface area contributed by atoms with E-state index in [-0.39, 0.29) is 43.7 Å². The molecule has 0 aliphatic heterocycles. The molecule has 0 amide bonds. The second-order valence-corrected chi connectivity index (χ2v) is 10.5. The number of aromatic nitrogens is 2. The summed E-state index contributed by atoms with van der Waals surface area (Å²) >= 11 is 13.2. The van der Waals surface area contributed by atoms with Crippen LogP contribution < -0.4 is 14.8 Å². The summed E-state index contributed by atoms with van der Waals surface area (Å²) in [6, 6.07) is 18.1. The number of alkyl halides is 2. The van der Waals surface area contributed by atoms with Crippen LogP contribution in [0.2, 0.25) is 5.02 Å². The predicted molar refractivity (Wildman–Crippen MR) is 155 cm³/mol. The zero-order valence-electron chi connectivity index (χ0n) is 21.8. The molecule has 1 aliphatic carbocycles. The van der Waals surface area contributed by atoms with Crippen molar-refractivity contribution in [1.29, 1.82) is 0 Å². The average Bonchev–Trinajstić information content (AvgIpc) is 3.46. The first-order valence-corrected chi connectivity index (χ1v) is 13.7. The van der Waals surface area contributed by atoms with Crippen molar-refractivity contribution >= 4 is 39.8 Å². The highest BCUT2D eigenvalue weighted by Gasteiger charge is 2.41. The van der Waals surface area contributed by atoms with Gasteiger partial charge in [0.1, 0.15) is 41.1 Å². The molecule has 0 saturated carbocycles. The molecule has 0 fully saturated rings. The van der Waals surface area contributed by atoms with Crippen molar-refractivity contribution in [2.45, 2.75) is 30.3 Å². The van der Waals surface area contributed by atoms with Crippen LogP contribution in [0.15, 0.2) is 83.5 Å². The normalized spacial score (nSPS) is 19.2. The zero-order chi connectivity index (χ0) is 28.8. The van der Waals surface area contributed by atoms with Gasteiger partial charge in [0, 0.05) is 24.7 Å². The number of hydrogen-bond donors (Lipinski definition) is 3. The SMILES string of the molecule is OCC(O)CNCc1cc(Cl)c(OCC2(F)C=CC=C(c3ccccc3)C2Cl)cc1OCc1ccc2nonc2c1. The molecule has 4 aromatic rings. The number of hydrogen-bond acceptors (Lipinski definition) is 8. The summed E-state index contributed by atoms with van der Waals surface area (Å²) in [5.74, 6) is 0.662. The number of aliphatic hydroxyl groups excluding tert-OH is 2. The molecule has 0 radical (unpaired) electrons. The smallest absolute Gasteiger partial charge is 0.183 e. The molecule has 0 spiro atoms. The summed E-state index contributed by atoms with van der Waals surface area (Å²) in [7, 11) is 0. The average molecular weight is 600 g/mol. The molecule has 41 heavy (non-hydrogen) atoms. The first kappa shape index (κ1) is 29.0. The summed E-state index contributed by atoms with van der Waals surface area (Å²) in [6.07, 6.45) is 3.91. The lowest BCUT2D eigenvalue weighted by Crippen LogP contribution is -2.40.